The Bertz CT molecular complexity index is 1200. The molecule has 6 heteroatoms. The fourth-order valence-electron chi connectivity index (χ4n) is 3.81. The van der Waals surface area contributed by atoms with Crippen molar-refractivity contribution in [2.75, 3.05) is 6.61 Å². The number of aromatic nitrogens is 4. The molecule has 2 aromatic heterocycles. The van der Waals surface area contributed by atoms with Crippen LogP contribution in [0.5, 0.6) is 5.75 Å². The lowest BCUT2D eigenvalue weighted by atomic mass is 10.0. The van der Waals surface area contributed by atoms with Gasteiger partial charge in [0.15, 0.2) is 0 Å². The molecular formula is C23H21N5O. The number of nitrogens with zero attached hydrogens (tertiary/aromatic N) is 5. The molecule has 144 valence electrons. The number of nitriles is 1. The molecule has 6 nitrogen and oxygen atoms in total. The maximum Gasteiger partial charge on any atom is 0.137 e. The van der Waals surface area contributed by atoms with Gasteiger partial charge in [-0.1, -0.05) is 29.8 Å². The van der Waals surface area contributed by atoms with Crippen molar-refractivity contribution < 1.29 is 4.74 Å². The minimum atomic E-state index is 0.446. The Balaban J connectivity index is 1.55. The molecule has 1 aliphatic carbocycles. The maximum absolute atomic E-state index is 9.95. The first-order valence-corrected chi connectivity index (χ1v) is 9.85. The third kappa shape index (κ3) is 3.25. The smallest absolute Gasteiger partial charge is 0.137 e. The van der Waals surface area contributed by atoms with E-state index in [1.165, 1.54) is 11.9 Å². The summed E-state index contributed by atoms with van der Waals surface area (Å²) >= 11 is 0. The Morgan fingerprint density at radius 1 is 1.17 bits per heavy atom. The predicted octanol–water partition coefficient (Wildman–Crippen LogP) is 4.49. The Hall–Kier alpha value is -3.59. The molecule has 2 aromatic carbocycles. The van der Waals surface area contributed by atoms with E-state index in [1.807, 2.05) is 12.1 Å². The molecular weight excluding hydrogens is 362 g/mol. The van der Waals surface area contributed by atoms with E-state index in [9.17, 15) is 5.26 Å². The maximum atomic E-state index is 9.95. The summed E-state index contributed by atoms with van der Waals surface area (Å²) in [6.07, 6.45) is 5.48. The third-order valence-corrected chi connectivity index (χ3v) is 5.38. The fourth-order valence-corrected chi connectivity index (χ4v) is 3.81. The molecule has 0 radical (unpaired) electrons. The van der Waals surface area contributed by atoms with Gasteiger partial charge in [0.1, 0.15) is 31.1 Å². The Morgan fingerprint density at radius 3 is 2.69 bits per heavy atom. The van der Waals surface area contributed by atoms with E-state index in [2.05, 4.69) is 58.0 Å². The highest BCUT2D eigenvalue weighted by molar-refractivity contribution is 5.95. The third-order valence-electron chi connectivity index (χ3n) is 5.38. The molecule has 2 heterocycles. The Morgan fingerprint density at radius 2 is 2.00 bits per heavy atom. The number of aryl methyl sites for hydroxylation is 1. The molecule has 1 saturated carbocycles. The zero-order valence-electron chi connectivity index (χ0n) is 16.2. The van der Waals surface area contributed by atoms with Crippen LogP contribution in [0.15, 0.2) is 55.1 Å². The summed E-state index contributed by atoms with van der Waals surface area (Å²) in [5.41, 5.74) is 5.13. The number of ether oxygens (including phenoxy) is 1. The van der Waals surface area contributed by atoms with Crippen molar-refractivity contribution in [3.05, 3.63) is 66.2 Å². The molecule has 0 amide bonds. The van der Waals surface area contributed by atoms with E-state index in [0.717, 1.165) is 46.3 Å². The van der Waals surface area contributed by atoms with Gasteiger partial charge in [0.2, 0.25) is 0 Å². The molecule has 0 bridgehead atoms. The first kappa shape index (κ1) is 17.5. The Labute approximate surface area is 169 Å². The van der Waals surface area contributed by atoms with Gasteiger partial charge in [0, 0.05) is 17.5 Å². The van der Waals surface area contributed by atoms with Crippen molar-refractivity contribution in [3.63, 3.8) is 0 Å². The summed E-state index contributed by atoms with van der Waals surface area (Å²) < 4.78 is 10.0. The SMILES string of the molecule is Cc1ccc(-c2c(C#N)c3ccc(OCCn4cncn4)cc3n2C2CC2)cc1. The number of hydrogen-bond donors (Lipinski definition) is 0. The van der Waals surface area contributed by atoms with Crippen LogP contribution in [0.4, 0.5) is 0 Å². The van der Waals surface area contributed by atoms with Gasteiger partial charge in [0.05, 0.1) is 23.3 Å². The molecule has 29 heavy (non-hydrogen) atoms. The zero-order chi connectivity index (χ0) is 19.8. The monoisotopic (exact) mass is 383 g/mol. The van der Waals surface area contributed by atoms with E-state index < -0.39 is 0 Å². The molecule has 0 N–H and O–H groups in total. The summed E-state index contributed by atoms with van der Waals surface area (Å²) in [5.74, 6) is 0.803. The van der Waals surface area contributed by atoms with E-state index in [0.29, 0.717) is 19.2 Å². The van der Waals surface area contributed by atoms with Gasteiger partial charge in [-0.3, -0.25) is 0 Å². The minimum Gasteiger partial charge on any atom is -0.492 e. The van der Waals surface area contributed by atoms with Gasteiger partial charge < -0.3 is 9.30 Å². The highest BCUT2D eigenvalue weighted by Gasteiger charge is 2.30. The van der Waals surface area contributed by atoms with E-state index in [-0.39, 0.29) is 0 Å². The molecule has 4 aromatic rings. The van der Waals surface area contributed by atoms with E-state index in [4.69, 9.17) is 4.74 Å². The van der Waals surface area contributed by atoms with Crippen LogP contribution in [-0.4, -0.2) is 25.9 Å². The zero-order valence-corrected chi connectivity index (χ0v) is 16.2. The fraction of sp³-hybridized carbons (Fsp3) is 0.261. The van der Waals surface area contributed by atoms with Gasteiger partial charge >= 0.3 is 0 Å². The number of rotatable bonds is 6. The van der Waals surface area contributed by atoms with Crippen molar-refractivity contribution >= 4 is 10.9 Å². The summed E-state index contributed by atoms with van der Waals surface area (Å²) in [6, 6.07) is 17.3. The molecule has 0 spiro atoms. The molecule has 0 aliphatic heterocycles. The van der Waals surface area contributed by atoms with E-state index in [1.54, 1.807) is 11.0 Å². The number of hydrogen-bond acceptors (Lipinski definition) is 4. The summed E-state index contributed by atoms with van der Waals surface area (Å²) in [5, 5.41) is 15.0. The number of fused-ring (bicyclic) bond motifs is 1. The van der Waals surface area contributed by atoms with Crippen molar-refractivity contribution in [3.8, 4) is 23.1 Å². The van der Waals surface area contributed by atoms with Crippen LogP contribution in [0.1, 0.15) is 30.0 Å². The van der Waals surface area contributed by atoms with Crippen LogP contribution >= 0.6 is 0 Å². The number of benzene rings is 2. The average Bonchev–Trinajstić information content (AvgIpc) is 3.33. The molecule has 0 unspecified atom stereocenters. The van der Waals surface area contributed by atoms with Gasteiger partial charge in [-0.25, -0.2) is 9.67 Å². The van der Waals surface area contributed by atoms with Crippen LogP contribution < -0.4 is 4.74 Å². The van der Waals surface area contributed by atoms with Crippen LogP contribution in [0.25, 0.3) is 22.2 Å². The lowest BCUT2D eigenvalue weighted by Crippen LogP contribution is -2.08. The van der Waals surface area contributed by atoms with Crippen LogP contribution in [-0.2, 0) is 6.54 Å². The first-order valence-electron chi connectivity index (χ1n) is 9.85. The van der Waals surface area contributed by atoms with Gasteiger partial charge in [-0.15, -0.1) is 0 Å². The quantitative estimate of drug-likeness (QED) is 0.492. The lowest BCUT2D eigenvalue weighted by molar-refractivity contribution is 0.291. The summed E-state index contributed by atoms with van der Waals surface area (Å²) in [7, 11) is 0. The van der Waals surface area contributed by atoms with Gasteiger partial charge in [-0.05, 0) is 37.5 Å². The summed E-state index contributed by atoms with van der Waals surface area (Å²) in [4.78, 5) is 3.95. The second-order valence-electron chi connectivity index (χ2n) is 7.49. The lowest BCUT2D eigenvalue weighted by Gasteiger charge is -2.11. The van der Waals surface area contributed by atoms with Crippen molar-refractivity contribution in [2.45, 2.75) is 32.4 Å². The topological polar surface area (TPSA) is 68.7 Å². The predicted molar refractivity (Wildman–Crippen MR) is 111 cm³/mol. The highest BCUT2D eigenvalue weighted by Crippen LogP contribution is 2.45. The second kappa shape index (κ2) is 7.10. The molecule has 0 atom stereocenters. The second-order valence-corrected chi connectivity index (χ2v) is 7.49. The summed E-state index contributed by atoms with van der Waals surface area (Å²) in [6.45, 7) is 3.23. The normalized spacial score (nSPS) is 13.5. The van der Waals surface area contributed by atoms with Crippen LogP contribution in [0, 0.1) is 18.3 Å². The largest absolute Gasteiger partial charge is 0.492 e. The van der Waals surface area contributed by atoms with Gasteiger partial charge in [-0.2, -0.15) is 10.4 Å². The standard InChI is InChI=1S/C23H21N5O/c1-16-2-4-17(5-3-16)23-21(13-24)20-9-8-19(12-22(20)28(23)18-6-7-18)29-11-10-27-15-25-14-26-27/h2-5,8-9,12,14-15,18H,6-7,10-11H2,1H3. The Kier molecular flexibility index (Phi) is 4.28. The average molecular weight is 383 g/mol. The minimum absolute atomic E-state index is 0.446. The van der Waals surface area contributed by atoms with Crippen molar-refractivity contribution in [1.82, 2.24) is 19.3 Å². The highest BCUT2D eigenvalue weighted by atomic mass is 16.5. The molecule has 1 fully saturated rings. The van der Waals surface area contributed by atoms with E-state index >= 15 is 0 Å². The van der Waals surface area contributed by atoms with Crippen LogP contribution in [0.2, 0.25) is 0 Å². The van der Waals surface area contributed by atoms with Crippen molar-refractivity contribution in [2.24, 2.45) is 0 Å². The van der Waals surface area contributed by atoms with Crippen LogP contribution in [0.3, 0.4) is 0 Å². The molecule has 1 aliphatic rings. The molecule has 5 rings (SSSR count). The first-order chi connectivity index (χ1) is 14.2. The molecule has 0 saturated heterocycles. The van der Waals surface area contributed by atoms with Crippen molar-refractivity contribution in [1.29, 1.82) is 5.26 Å². The van der Waals surface area contributed by atoms with Gasteiger partial charge in [0.25, 0.3) is 0 Å².